The van der Waals surface area contributed by atoms with Crippen LogP contribution in [0, 0.1) is 12.7 Å². The zero-order valence-electron chi connectivity index (χ0n) is 13.0. The molecule has 3 rings (SSSR count). The van der Waals surface area contributed by atoms with Crippen molar-refractivity contribution >= 4 is 0 Å². The minimum atomic E-state index is -0.125. The lowest BCUT2D eigenvalue weighted by Crippen LogP contribution is -2.46. The Balaban J connectivity index is 1.55. The van der Waals surface area contributed by atoms with Gasteiger partial charge in [0.05, 0.1) is 6.04 Å². The third-order valence-corrected chi connectivity index (χ3v) is 4.21. The number of hydrogen-bond donors (Lipinski definition) is 0. The Labute approximate surface area is 129 Å². The monoisotopic (exact) mass is 304 g/mol. The van der Waals surface area contributed by atoms with Crippen LogP contribution in [0.3, 0.4) is 0 Å². The average Bonchev–Trinajstić information content (AvgIpc) is 2.96. The summed E-state index contributed by atoms with van der Waals surface area (Å²) in [4.78, 5) is 8.90. The number of aryl methyl sites for hydroxylation is 1. The molecule has 2 aromatic rings. The Bertz CT molecular complexity index is 622. The van der Waals surface area contributed by atoms with Gasteiger partial charge in [0.25, 0.3) is 0 Å². The van der Waals surface area contributed by atoms with Crippen LogP contribution in [-0.2, 0) is 6.54 Å². The molecular formula is C16H21FN4O. The van der Waals surface area contributed by atoms with Crippen LogP contribution in [-0.4, -0.2) is 46.1 Å². The largest absolute Gasteiger partial charge is 0.338 e. The molecule has 1 aliphatic rings. The van der Waals surface area contributed by atoms with Crippen molar-refractivity contribution in [2.75, 3.05) is 26.2 Å². The molecule has 1 atom stereocenters. The van der Waals surface area contributed by atoms with Gasteiger partial charge in [-0.15, -0.1) is 0 Å². The average molecular weight is 304 g/mol. The third kappa shape index (κ3) is 3.34. The summed E-state index contributed by atoms with van der Waals surface area (Å²) in [6.45, 7) is 8.21. The number of piperazine rings is 1. The molecule has 0 radical (unpaired) electrons. The standard InChI is InChI=1S/C16H21FN4O/c1-12(16-18-13(2)19-22-16)21-9-7-20(8-10-21)11-14-5-3-4-6-15(14)17/h3-6,12H,7-11H2,1-2H3/t12-/m1/s1. The van der Waals surface area contributed by atoms with Gasteiger partial charge in [-0.25, -0.2) is 4.39 Å². The summed E-state index contributed by atoms with van der Waals surface area (Å²) in [5.74, 6) is 1.21. The van der Waals surface area contributed by atoms with Crippen LogP contribution in [0.15, 0.2) is 28.8 Å². The lowest BCUT2D eigenvalue weighted by atomic mass is 10.1. The maximum atomic E-state index is 13.7. The Morgan fingerprint density at radius 1 is 1.23 bits per heavy atom. The van der Waals surface area contributed by atoms with E-state index in [0.29, 0.717) is 18.3 Å². The van der Waals surface area contributed by atoms with Gasteiger partial charge in [-0.2, -0.15) is 4.98 Å². The highest BCUT2D eigenvalue weighted by atomic mass is 19.1. The summed E-state index contributed by atoms with van der Waals surface area (Å²) in [5.41, 5.74) is 0.761. The number of aromatic nitrogens is 2. The Hall–Kier alpha value is -1.79. The van der Waals surface area contributed by atoms with E-state index in [0.717, 1.165) is 31.7 Å². The number of nitrogens with zero attached hydrogens (tertiary/aromatic N) is 4. The highest BCUT2D eigenvalue weighted by Crippen LogP contribution is 2.21. The highest BCUT2D eigenvalue weighted by Gasteiger charge is 2.25. The van der Waals surface area contributed by atoms with Crippen LogP contribution in [0.5, 0.6) is 0 Å². The molecule has 2 heterocycles. The predicted molar refractivity (Wildman–Crippen MR) is 80.7 cm³/mol. The summed E-state index contributed by atoms with van der Waals surface area (Å²) < 4.78 is 19.0. The van der Waals surface area contributed by atoms with Gasteiger partial charge in [0.15, 0.2) is 5.82 Å². The van der Waals surface area contributed by atoms with Crippen molar-refractivity contribution in [3.05, 3.63) is 47.4 Å². The second-order valence-corrected chi connectivity index (χ2v) is 5.76. The lowest BCUT2D eigenvalue weighted by Gasteiger charge is -2.36. The second-order valence-electron chi connectivity index (χ2n) is 5.76. The molecule has 22 heavy (non-hydrogen) atoms. The summed E-state index contributed by atoms with van der Waals surface area (Å²) >= 11 is 0. The summed E-state index contributed by atoms with van der Waals surface area (Å²) in [6.07, 6.45) is 0. The molecule has 1 saturated heterocycles. The van der Waals surface area contributed by atoms with E-state index in [9.17, 15) is 4.39 Å². The van der Waals surface area contributed by atoms with Crippen LogP contribution in [0.25, 0.3) is 0 Å². The van der Waals surface area contributed by atoms with Crippen LogP contribution >= 0.6 is 0 Å². The number of hydrogen-bond acceptors (Lipinski definition) is 5. The van der Waals surface area contributed by atoms with Gasteiger partial charge < -0.3 is 4.52 Å². The van der Waals surface area contributed by atoms with Gasteiger partial charge in [0.1, 0.15) is 5.82 Å². The van der Waals surface area contributed by atoms with Crippen molar-refractivity contribution in [3.63, 3.8) is 0 Å². The van der Waals surface area contributed by atoms with Crippen molar-refractivity contribution in [2.24, 2.45) is 0 Å². The Kier molecular flexibility index (Phi) is 4.49. The van der Waals surface area contributed by atoms with E-state index in [1.54, 1.807) is 6.07 Å². The van der Waals surface area contributed by atoms with Crippen molar-refractivity contribution in [2.45, 2.75) is 26.4 Å². The van der Waals surface area contributed by atoms with Gasteiger partial charge in [-0.05, 0) is 19.9 Å². The fraction of sp³-hybridized carbons (Fsp3) is 0.500. The van der Waals surface area contributed by atoms with E-state index < -0.39 is 0 Å². The molecule has 118 valence electrons. The van der Waals surface area contributed by atoms with E-state index in [1.165, 1.54) is 6.07 Å². The zero-order chi connectivity index (χ0) is 15.5. The first-order chi connectivity index (χ1) is 10.6. The molecule has 0 bridgehead atoms. The first-order valence-electron chi connectivity index (χ1n) is 7.63. The molecule has 1 aromatic carbocycles. The summed E-state index contributed by atoms with van der Waals surface area (Å²) in [5, 5.41) is 3.85. The molecule has 1 aliphatic heterocycles. The number of halogens is 1. The minimum absolute atomic E-state index is 0.122. The van der Waals surface area contributed by atoms with Gasteiger partial charge in [0.2, 0.25) is 5.89 Å². The molecule has 0 amide bonds. The van der Waals surface area contributed by atoms with Gasteiger partial charge in [-0.3, -0.25) is 9.80 Å². The van der Waals surface area contributed by atoms with E-state index in [-0.39, 0.29) is 11.9 Å². The third-order valence-electron chi connectivity index (χ3n) is 4.21. The van der Waals surface area contributed by atoms with Crippen molar-refractivity contribution in [1.29, 1.82) is 0 Å². The Morgan fingerprint density at radius 2 is 1.95 bits per heavy atom. The quantitative estimate of drug-likeness (QED) is 0.868. The van der Waals surface area contributed by atoms with E-state index in [2.05, 4.69) is 26.9 Å². The summed E-state index contributed by atoms with van der Waals surface area (Å²) in [6, 6.07) is 7.10. The first kappa shape index (κ1) is 15.1. The molecule has 0 saturated carbocycles. The lowest BCUT2D eigenvalue weighted by molar-refractivity contribution is 0.0839. The van der Waals surface area contributed by atoms with E-state index in [1.807, 2.05) is 19.1 Å². The predicted octanol–water partition coefficient (Wildman–Crippen LogP) is 2.40. The van der Waals surface area contributed by atoms with Gasteiger partial charge in [-0.1, -0.05) is 23.4 Å². The molecule has 5 nitrogen and oxygen atoms in total. The molecule has 0 N–H and O–H groups in total. The van der Waals surface area contributed by atoms with Gasteiger partial charge >= 0.3 is 0 Å². The first-order valence-corrected chi connectivity index (χ1v) is 7.63. The topological polar surface area (TPSA) is 45.4 Å². The maximum absolute atomic E-state index is 13.7. The molecule has 0 unspecified atom stereocenters. The number of rotatable bonds is 4. The number of benzene rings is 1. The van der Waals surface area contributed by atoms with Crippen molar-refractivity contribution in [3.8, 4) is 0 Å². The minimum Gasteiger partial charge on any atom is -0.338 e. The molecule has 1 fully saturated rings. The van der Waals surface area contributed by atoms with Gasteiger partial charge in [0, 0.05) is 38.3 Å². The van der Waals surface area contributed by atoms with Crippen LogP contribution in [0.4, 0.5) is 4.39 Å². The van der Waals surface area contributed by atoms with Crippen LogP contribution < -0.4 is 0 Å². The zero-order valence-corrected chi connectivity index (χ0v) is 13.0. The fourth-order valence-electron chi connectivity index (χ4n) is 2.82. The fourth-order valence-corrected chi connectivity index (χ4v) is 2.82. The maximum Gasteiger partial charge on any atom is 0.243 e. The van der Waals surface area contributed by atoms with E-state index >= 15 is 0 Å². The molecule has 0 spiro atoms. The van der Waals surface area contributed by atoms with E-state index in [4.69, 9.17) is 4.52 Å². The smallest absolute Gasteiger partial charge is 0.243 e. The normalized spacial score (nSPS) is 18.5. The van der Waals surface area contributed by atoms with Crippen molar-refractivity contribution in [1.82, 2.24) is 19.9 Å². The SMILES string of the molecule is Cc1noc([C@@H](C)N2CCN(Cc3ccccc3F)CC2)n1. The van der Waals surface area contributed by atoms with Crippen LogP contribution in [0.2, 0.25) is 0 Å². The summed E-state index contributed by atoms with van der Waals surface area (Å²) in [7, 11) is 0. The highest BCUT2D eigenvalue weighted by molar-refractivity contribution is 5.17. The molecule has 1 aromatic heterocycles. The molecular weight excluding hydrogens is 283 g/mol. The molecule has 6 heteroatoms. The Morgan fingerprint density at radius 3 is 2.59 bits per heavy atom. The van der Waals surface area contributed by atoms with Crippen LogP contribution in [0.1, 0.15) is 30.2 Å². The van der Waals surface area contributed by atoms with Crippen molar-refractivity contribution < 1.29 is 8.91 Å². The molecule has 0 aliphatic carbocycles. The second kappa shape index (κ2) is 6.54.